The van der Waals surface area contributed by atoms with Gasteiger partial charge in [-0.05, 0) is 46.2 Å². The van der Waals surface area contributed by atoms with Gasteiger partial charge in [-0.25, -0.2) is 0 Å². The van der Waals surface area contributed by atoms with Crippen molar-refractivity contribution in [3.05, 3.63) is 0 Å². The highest BCUT2D eigenvalue weighted by atomic mass is 16.5. The van der Waals surface area contributed by atoms with Gasteiger partial charge in [0.05, 0.1) is 19.8 Å². The van der Waals surface area contributed by atoms with Crippen LogP contribution in [0.5, 0.6) is 0 Å². The molecule has 1 aliphatic rings. The maximum absolute atomic E-state index is 12.1. The van der Waals surface area contributed by atoms with Crippen molar-refractivity contribution < 1.29 is 14.3 Å². The van der Waals surface area contributed by atoms with Crippen LogP contribution in [0.1, 0.15) is 47.0 Å². The third-order valence-corrected chi connectivity index (χ3v) is 4.24. The molecule has 5 heteroatoms. The molecule has 0 amide bonds. The van der Waals surface area contributed by atoms with Gasteiger partial charge in [0.2, 0.25) is 0 Å². The summed E-state index contributed by atoms with van der Waals surface area (Å²) in [6.45, 7) is 12.9. The molecule has 0 aliphatic carbocycles. The Morgan fingerprint density at radius 3 is 2.81 bits per heavy atom. The fraction of sp³-hybridized carbons (Fsp3) is 0.938. The van der Waals surface area contributed by atoms with E-state index < -0.39 is 5.54 Å². The summed E-state index contributed by atoms with van der Waals surface area (Å²) in [7, 11) is 0. The molecule has 0 aromatic rings. The van der Waals surface area contributed by atoms with Crippen molar-refractivity contribution in [1.29, 1.82) is 0 Å². The third-order valence-electron chi connectivity index (χ3n) is 4.24. The van der Waals surface area contributed by atoms with E-state index in [4.69, 9.17) is 9.47 Å². The zero-order valence-corrected chi connectivity index (χ0v) is 14.1. The first-order chi connectivity index (χ1) is 10.1. The van der Waals surface area contributed by atoms with Gasteiger partial charge < -0.3 is 14.8 Å². The van der Waals surface area contributed by atoms with Crippen LogP contribution < -0.4 is 5.32 Å². The van der Waals surface area contributed by atoms with Gasteiger partial charge in [-0.1, -0.05) is 13.8 Å². The Balaban J connectivity index is 2.47. The largest absolute Gasteiger partial charge is 0.465 e. The second-order valence-electron chi connectivity index (χ2n) is 5.86. The molecule has 0 aromatic heterocycles. The number of esters is 1. The summed E-state index contributed by atoms with van der Waals surface area (Å²) in [5.74, 6) is -0.138. The number of nitrogens with one attached hydrogen (secondary N) is 1. The summed E-state index contributed by atoms with van der Waals surface area (Å²) in [6.07, 6.45) is 2.90. The van der Waals surface area contributed by atoms with Gasteiger partial charge in [0.25, 0.3) is 0 Å². The number of nitrogens with zero attached hydrogens (tertiary/aromatic N) is 1. The van der Waals surface area contributed by atoms with Crippen LogP contribution in [0.25, 0.3) is 0 Å². The number of carbonyl (C=O) groups is 1. The summed E-state index contributed by atoms with van der Waals surface area (Å²) in [6, 6.07) is 0.520. The Labute approximate surface area is 129 Å². The van der Waals surface area contributed by atoms with Crippen LogP contribution in [0.15, 0.2) is 0 Å². The van der Waals surface area contributed by atoms with Crippen LogP contribution in [0, 0.1) is 0 Å². The summed E-state index contributed by atoms with van der Waals surface area (Å²) in [5.41, 5.74) is -0.571. The molecule has 1 N–H and O–H groups in total. The van der Waals surface area contributed by atoms with Crippen LogP contribution in [-0.2, 0) is 14.3 Å². The molecule has 1 saturated heterocycles. The average Bonchev–Trinajstić information content (AvgIpc) is 2.48. The summed E-state index contributed by atoms with van der Waals surface area (Å²) in [5, 5.41) is 3.29. The Morgan fingerprint density at radius 1 is 1.43 bits per heavy atom. The molecule has 1 fully saturated rings. The van der Waals surface area contributed by atoms with Gasteiger partial charge in [0, 0.05) is 12.6 Å². The molecule has 0 saturated carbocycles. The smallest absolute Gasteiger partial charge is 0.326 e. The van der Waals surface area contributed by atoms with Crippen LogP contribution in [0.4, 0.5) is 0 Å². The lowest BCUT2D eigenvalue weighted by Gasteiger charge is -2.36. The third kappa shape index (κ3) is 5.57. The summed E-state index contributed by atoms with van der Waals surface area (Å²) >= 11 is 0. The summed E-state index contributed by atoms with van der Waals surface area (Å²) < 4.78 is 10.7. The van der Waals surface area contributed by atoms with E-state index in [0.717, 1.165) is 52.1 Å². The highest BCUT2D eigenvalue weighted by Gasteiger charge is 2.33. The van der Waals surface area contributed by atoms with Gasteiger partial charge in [-0.2, -0.15) is 0 Å². The molecule has 1 heterocycles. The molecule has 5 nitrogen and oxygen atoms in total. The van der Waals surface area contributed by atoms with Crippen molar-refractivity contribution in [3.63, 3.8) is 0 Å². The molecule has 21 heavy (non-hydrogen) atoms. The molecule has 124 valence electrons. The monoisotopic (exact) mass is 300 g/mol. The number of morpholine rings is 1. The van der Waals surface area contributed by atoms with E-state index in [-0.39, 0.29) is 5.97 Å². The first-order valence-electron chi connectivity index (χ1n) is 8.31. The maximum Gasteiger partial charge on any atom is 0.326 e. The van der Waals surface area contributed by atoms with Crippen LogP contribution in [-0.4, -0.2) is 61.9 Å². The topological polar surface area (TPSA) is 50.8 Å². The maximum atomic E-state index is 12.1. The van der Waals surface area contributed by atoms with Gasteiger partial charge in [0.1, 0.15) is 5.54 Å². The standard InChI is InChI=1S/C16H32N2O3/c1-5-14-13-20-12-11-18(14)10-8-9-16(4,17-6-2)15(19)21-7-3/h14,17H,5-13H2,1-4H3. The predicted octanol–water partition coefficient (Wildman–Crippen LogP) is 1.81. The number of rotatable bonds is 9. The van der Waals surface area contributed by atoms with E-state index in [1.165, 1.54) is 0 Å². The van der Waals surface area contributed by atoms with Crippen LogP contribution >= 0.6 is 0 Å². The fourth-order valence-electron chi connectivity index (χ4n) is 2.94. The van der Waals surface area contributed by atoms with E-state index in [9.17, 15) is 4.79 Å². The fourth-order valence-corrected chi connectivity index (χ4v) is 2.94. The number of hydrogen-bond acceptors (Lipinski definition) is 5. The summed E-state index contributed by atoms with van der Waals surface area (Å²) in [4.78, 5) is 14.6. The highest BCUT2D eigenvalue weighted by molar-refractivity contribution is 5.80. The Hall–Kier alpha value is -0.650. The van der Waals surface area contributed by atoms with Crippen molar-refractivity contribution in [2.45, 2.75) is 58.5 Å². The van der Waals surface area contributed by atoms with Gasteiger partial charge in [-0.15, -0.1) is 0 Å². The van der Waals surface area contributed by atoms with Crippen molar-refractivity contribution in [1.82, 2.24) is 10.2 Å². The van der Waals surface area contributed by atoms with Crippen LogP contribution in [0.3, 0.4) is 0 Å². The Kier molecular flexibility index (Phi) is 8.22. The molecular weight excluding hydrogens is 268 g/mol. The Bertz CT molecular complexity index is 312. The van der Waals surface area contributed by atoms with Crippen molar-refractivity contribution in [3.8, 4) is 0 Å². The number of likely N-dealkylation sites (N-methyl/N-ethyl adjacent to an activating group) is 1. The normalized spacial score (nSPS) is 22.8. The van der Waals surface area contributed by atoms with Crippen molar-refractivity contribution in [2.75, 3.05) is 39.5 Å². The highest BCUT2D eigenvalue weighted by Crippen LogP contribution is 2.17. The van der Waals surface area contributed by atoms with Gasteiger partial charge in [0.15, 0.2) is 0 Å². The molecular formula is C16H32N2O3. The lowest BCUT2D eigenvalue weighted by atomic mass is 9.95. The molecule has 2 unspecified atom stereocenters. The van der Waals surface area contributed by atoms with Crippen LogP contribution in [0.2, 0.25) is 0 Å². The Morgan fingerprint density at radius 2 is 2.19 bits per heavy atom. The molecule has 0 spiro atoms. The number of hydrogen-bond donors (Lipinski definition) is 1. The number of carbonyl (C=O) groups excluding carboxylic acids is 1. The lowest BCUT2D eigenvalue weighted by Crippen LogP contribution is -2.51. The zero-order valence-electron chi connectivity index (χ0n) is 14.1. The molecule has 0 bridgehead atoms. The minimum atomic E-state index is -0.571. The lowest BCUT2D eigenvalue weighted by molar-refractivity contribution is -0.150. The van der Waals surface area contributed by atoms with E-state index in [1.807, 2.05) is 20.8 Å². The van der Waals surface area contributed by atoms with Crippen molar-refractivity contribution in [2.24, 2.45) is 0 Å². The molecule has 1 rings (SSSR count). The van der Waals surface area contributed by atoms with Gasteiger partial charge in [-0.3, -0.25) is 9.69 Å². The van der Waals surface area contributed by atoms with Gasteiger partial charge >= 0.3 is 5.97 Å². The second kappa shape index (κ2) is 9.38. The first kappa shape index (κ1) is 18.4. The first-order valence-corrected chi connectivity index (χ1v) is 8.31. The van der Waals surface area contributed by atoms with E-state index in [2.05, 4.69) is 17.1 Å². The predicted molar refractivity (Wildman–Crippen MR) is 84.4 cm³/mol. The SMILES string of the molecule is CCNC(C)(CCCN1CCOCC1CC)C(=O)OCC. The second-order valence-corrected chi connectivity index (χ2v) is 5.86. The average molecular weight is 300 g/mol. The van der Waals surface area contributed by atoms with E-state index in [0.29, 0.717) is 12.6 Å². The molecule has 0 radical (unpaired) electrons. The number of ether oxygens (including phenoxy) is 2. The molecule has 2 atom stereocenters. The van der Waals surface area contributed by atoms with Crippen molar-refractivity contribution >= 4 is 5.97 Å². The quantitative estimate of drug-likeness (QED) is 0.658. The zero-order chi connectivity index (χ0) is 15.7. The minimum Gasteiger partial charge on any atom is -0.465 e. The molecule has 0 aromatic carbocycles. The minimum absolute atomic E-state index is 0.138. The van der Waals surface area contributed by atoms with E-state index in [1.54, 1.807) is 0 Å². The molecule has 1 aliphatic heterocycles. The van der Waals surface area contributed by atoms with E-state index >= 15 is 0 Å².